The fourth-order valence-corrected chi connectivity index (χ4v) is 2.17. The molecule has 0 aliphatic heterocycles. The van der Waals surface area contributed by atoms with E-state index in [1.54, 1.807) is 18.2 Å². The number of hydrogen-bond donors (Lipinski definition) is 1. The first-order chi connectivity index (χ1) is 8.69. The van der Waals surface area contributed by atoms with Gasteiger partial charge in [0.25, 0.3) is 0 Å². The van der Waals surface area contributed by atoms with Crippen molar-refractivity contribution in [3.05, 3.63) is 64.1 Å². The van der Waals surface area contributed by atoms with Gasteiger partial charge in [-0.3, -0.25) is 0 Å². The summed E-state index contributed by atoms with van der Waals surface area (Å²) in [5, 5.41) is 13.4. The summed E-state index contributed by atoms with van der Waals surface area (Å²) in [7, 11) is 0. The highest BCUT2D eigenvalue weighted by Gasteiger charge is 2.10. The van der Waals surface area contributed by atoms with E-state index >= 15 is 0 Å². The summed E-state index contributed by atoms with van der Waals surface area (Å²) >= 11 is 11.8. The normalized spacial score (nSPS) is 11.6. The maximum Gasteiger partial charge on any atom is 0.140 e. The second kappa shape index (κ2) is 5.77. The maximum absolute atomic E-state index is 9.20. The summed E-state index contributed by atoms with van der Waals surface area (Å²) < 4.78 is 0. The number of rotatable bonds is 3. The molecule has 0 amide bonds. The number of hydrogen-bond acceptors (Lipinski definition) is 2. The monoisotopic (exact) mass is 276 g/mol. The van der Waals surface area contributed by atoms with Crippen molar-refractivity contribution in [1.29, 1.82) is 5.26 Å². The standard InChI is InChI=1S/C14H10Cl2N2/c15-11-6-12(16)8-13(7-11)18-14(9-17)10-4-2-1-3-5-10/h1-8,14,18H/t14-/m1/s1. The largest absolute Gasteiger partial charge is 0.366 e. The van der Waals surface area contributed by atoms with Crippen LogP contribution in [0.4, 0.5) is 5.69 Å². The Morgan fingerprint density at radius 2 is 1.61 bits per heavy atom. The van der Waals surface area contributed by atoms with Crippen molar-refractivity contribution in [3.63, 3.8) is 0 Å². The number of nitrogens with zero attached hydrogens (tertiary/aromatic N) is 1. The van der Waals surface area contributed by atoms with Gasteiger partial charge in [0.1, 0.15) is 6.04 Å². The molecule has 0 fully saturated rings. The van der Waals surface area contributed by atoms with Crippen molar-refractivity contribution in [3.8, 4) is 6.07 Å². The molecule has 0 bridgehead atoms. The third kappa shape index (κ3) is 3.16. The summed E-state index contributed by atoms with van der Waals surface area (Å²) in [4.78, 5) is 0. The van der Waals surface area contributed by atoms with E-state index in [1.165, 1.54) is 0 Å². The Bertz CT molecular complexity index is 556. The van der Waals surface area contributed by atoms with Crippen molar-refractivity contribution >= 4 is 28.9 Å². The van der Waals surface area contributed by atoms with Gasteiger partial charge in [-0.15, -0.1) is 0 Å². The highest BCUT2D eigenvalue weighted by Crippen LogP contribution is 2.25. The molecule has 90 valence electrons. The second-order valence-corrected chi connectivity index (χ2v) is 4.65. The van der Waals surface area contributed by atoms with E-state index in [0.29, 0.717) is 10.0 Å². The van der Waals surface area contributed by atoms with E-state index in [2.05, 4.69) is 11.4 Å². The summed E-state index contributed by atoms with van der Waals surface area (Å²) in [5.74, 6) is 0. The molecule has 0 saturated carbocycles. The average Bonchev–Trinajstić information content (AvgIpc) is 2.36. The maximum atomic E-state index is 9.20. The van der Waals surface area contributed by atoms with Crippen molar-refractivity contribution in [2.75, 3.05) is 5.32 Å². The Balaban J connectivity index is 2.24. The van der Waals surface area contributed by atoms with Crippen molar-refractivity contribution in [1.82, 2.24) is 0 Å². The predicted octanol–water partition coefficient (Wildman–Crippen LogP) is 4.67. The van der Waals surface area contributed by atoms with Gasteiger partial charge in [0.05, 0.1) is 6.07 Å². The zero-order valence-electron chi connectivity index (χ0n) is 9.40. The molecule has 2 nitrogen and oxygen atoms in total. The van der Waals surface area contributed by atoms with Crippen LogP contribution in [0.3, 0.4) is 0 Å². The minimum Gasteiger partial charge on any atom is -0.366 e. The third-order valence-corrected chi connectivity index (χ3v) is 2.87. The van der Waals surface area contributed by atoms with Crippen molar-refractivity contribution in [2.45, 2.75) is 6.04 Å². The third-order valence-electron chi connectivity index (χ3n) is 2.44. The minimum absolute atomic E-state index is 0.430. The number of halogens is 2. The molecule has 2 aromatic rings. The molecule has 18 heavy (non-hydrogen) atoms. The fraction of sp³-hybridized carbons (Fsp3) is 0.0714. The minimum atomic E-state index is -0.430. The Hall–Kier alpha value is -1.69. The lowest BCUT2D eigenvalue weighted by atomic mass is 10.1. The molecule has 1 N–H and O–H groups in total. The molecule has 0 aliphatic carbocycles. The molecule has 0 unspecified atom stereocenters. The Kier molecular flexibility index (Phi) is 4.09. The molecule has 4 heteroatoms. The second-order valence-electron chi connectivity index (χ2n) is 3.78. The van der Waals surface area contributed by atoms with Crippen LogP contribution < -0.4 is 5.32 Å². The van der Waals surface area contributed by atoms with Crippen LogP contribution in [0.5, 0.6) is 0 Å². The van der Waals surface area contributed by atoms with Gasteiger partial charge in [-0.05, 0) is 23.8 Å². The molecule has 2 rings (SSSR count). The van der Waals surface area contributed by atoms with Gasteiger partial charge in [-0.1, -0.05) is 53.5 Å². The van der Waals surface area contributed by atoms with Gasteiger partial charge >= 0.3 is 0 Å². The van der Waals surface area contributed by atoms with Gasteiger partial charge < -0.3 is 5.32 Å². The molecule has 0 spiro atoms. The average molecular weight is 277 g/mol. The van der Waals surface area contributed by atoms with Gasteiger partial charge in [-0.2, -0.15) is 5.26 Å². The van der Waals surface area contributed by atoms with Crippen LogP contribution in [-0.4, -0.2) is 0 Å². The van der Waals surface area contributed by atoms with E-state index < -0.39 is 6.04 Å². The summed E-state index contributed by atoms with van der Waals surface area (Å²) in [6, 6.07) is 16.4. The number of nitriles is 1. The zero-order valence-corrected chi connectivity index (χ0v) is 10.9. The lowest BCUT2D eigenvalue weighted by Crippen LogP contribution is -2.08. The number of nitrogens with one attached hydrogen (secondary N) is 1. The SMILES string of the molecule is N#C[C@@H](Nc1cc(Cl)cc(Cl)c1)c1ccccc1. The Labute approximate surface area is 116 Å². The topological polar surface area (TPSA) is 35.8 Å². The Morgan fingerprint density at radius 3 is 2.17 bits per heavy atom. The fourth-order valence-electron chi connectivity index (χ4n) is 1.64. The Morgan fingerprint density at radius 1 is 1.00 bits per heavy atom. The molecule has 0 saturated heterocycles. The van der Waals surface area contributed by atoms with E-state index in [-0.39, 0.29) is 0 Å². The van der Waals surface area contributed by atoms with Crippen molar-refractivity contribution in [2.24, 2.45) is 0 Å². The van der Waals surface area contributed by atoms with E-state index in [1.807, 2.05) is 30.3 Å². The molecule has 0 heterocycles. The van der Waals surface area contributed by atoms with Crippen LogP contribution in [0.15, 0.2) is 48.5 Å². The zero-order chi connectivity index (χ0) is 13.0. The highest BCUT2D eigenvalue weighted by molar-refractivity contribution is 6.35. The molecule has 1 atom stereocenters. The van der Waals surface area contributed by atoms with Crippen LogP contribution in [0, 0.1) is 11.3 Å². The van der Waals surface area contributed by atoms with Crippen LogP contribution in [0.25, 0.3) is 0 Å². The molecular weight excluding hydrogens is 267 g/mol. The van der Waals surface area contributed by atoms with E-state index in [4.69, 9.17) is 23.2 Å². The first-order valence-electron chi connectivity index (χ1n) is 5.36. The molecule has 0 radical (unpaired) electrons. The number of anilines is 1. The van der Waals surface area contributed by atoms with Gasteiger partial charge in [0.2, 0.25) is 0 Å². The first kappa shape index (κ1) is 12.8. The molecule has 0 aliphatic rings. The lowest BCUT2D eigenvalue weighted by molar-refractivity contribution is 0.998. The van der Waals surface area contributed by atoms with Crippen LogP contribution in [-0.2, 0) is 0 Å². The van der Waals surface area contributed by atoms with Gasteiger partial charge in [-0.25, -0.2) is 0 Å². The predicted molar refractivity (Wildman–Crippen MR) is 74.9 cm³/mol. The van der Waals surface area contributed by atoms with Crippen LogP contribution >= 0.6 is 23.2 Å². The molecule has 2 aromatic carbocycles. The van der Waals surface area contributed by atoms with E-state index in [9.17, 15) is 5.26 Å². The highest BCUT2D eigenvalue weighted by atomic mass is 35.5. The smallest absolute Gasteiger partial charge is 0.140 e. The van der Waals surface area contributed by atoms with Gasteiger partial charge in [0, 0.05) is 15.7 Å². The summed E-state index contributed by atoms with van der Waals surface area (Å²) in [6.07, 6.45) is 0. The van der Waals surface area contributed by atoms with Crippen LogP contribution in [0.2, 0.25) is 10.0 Å². The summed E-state index contributed by atoms with van der Waals surface area (Å²) in [6.45, 7) is 0. The van der Waals surface area contributed by atoms with Crippen LogP contribution in [0.1, 0.15) is 11.6 Å². The molecular formula is C14H10Cl2N2. The number of benzene rings is 2. The van der Waals surface area contributed by atoms with E-state index in [0.717, 1.165) is 11.3 Å². The summed E-state index contributed by atoms with van der Waals surface area (Å²) in [5.41, 5.74) is 1.62. The lowest BCUT2D eigenvalue weighted by Gasteiger charge is -2.13. The first-order valence-corrected chi connectivity index (χ1v) is 6.12. The molecule has 0 aromatic heterocycles. The van der Waals surface area contributed by atoms with Gasteiger partial charge in [0.15, 0.2) is 0 Å². The van der Waals surface area contributed by atoms with Crippen molar-refractivity contribution < 1.29 is 0 Å². The quantitative estimate of drug-likeness (QED) is 0.884.